The van der Waals surface area contributed by atoms with Crippen molar-refractivity contribution >= 4 is 23.5 Å². The third-order valence-corrected chi connectivity index (χ3v) is 3.81. The van der Waals surface area contributed by atoms with E-state index in [0.29, 0.717) is 0 Å². The summed E-state index contributed by atoms with van der Waals surface area (Å²) in [5, 5.41) is 0. The summed E-state index contributed by atoms with van der Waals surface area (Å²) in [6, 6.07) is 0. The molecule has 0 saturated carbocycles. The molecule has 2 atom stereocenters. The van der Waals surface area contributed by atoms with Crippen molar-refractivity contribution in [1.82, 2.24) is 0 Å². The van der Waals surface area contributed by atoms with Gasteiger partial charge in [0.2, 0.25) is 0 Å². The first-order valence-corrected chi connectivity index (χ1v) is 9.17. The molecule has 0 aliphatic rings. The van der Waals surface area contributed by atoms with E-state index in [0.717, 1.165) is 13.8 Å². The fraction of sp³-hybridized carbons (Fsp3) is 0.778. The van der Waals surface area contributed by atoms with E-state index in [-0.39, 0.29) is 26.2 Å². The van der Waals surface area contributed by atoms with Gasteiger partial charge in [0.1, 0.15) is 0 Å². The molecule has 0 fully saturated rings. The van der Waals surface area contributed by atoms with E-state index in [1.165, 1.54) is 27.7 Å². The second-order valence-corrected chi connectivity index (χ2v) is 7.01. The predicted molar refractivity (Wildman–Crippen MR) is 91.7 cm³/mol. The van der Waals surface area contributed by atoms with E-state index in [4.69, 9.17) is 0 Å². The number of ether oxygens (including phenoxy) is 3. The van der Waals surface area contributed by atoms with Gasteiger partial charge in [0.25, 0.3) is 22.9 Å². The third kappa shape index (κ3) is 7.36. The molecule has 32 heavy (non-hydrogen) atoms. The average molecular weight is 558 g/mol. The van der Waals surface area contributed by atoms with E-state index >= 15 is 0 Å². The molecular formula is C18H24F6O7Zr. The number of carbonyl (C=O) groups excluding carboxylic acids is 4. The van der Waals surface area contributed by atoms with Crippen LogP contribution >= 0.6 is 0 Å². The van der Waals surface area contributed by atoms with Crippen molar-refractivity contribution < 1.29 is 85.9 Å². The molecule has 0 rings (SSSR count). The van der Waals surface area contributed by atoms with Crippen molar-refractivity contribution in [2.45, 2.75) is 90.1 Å². The molecule has 184 valence electrons. The van der Waals surface area contributed by atoms with Gasteiger partial charge in [0.05, 0.1) is 12.2 Å². The topological polar surface area (TPSA) is 96.0 Å². The van der Waals surface area contributed by atoms with Gasteiger partial charge in [-0.3, -0.25) is 9.59 Å². The quantitative estimate of drug-likeness (QED) is 0.206. The van der Waals surface area contributed by atoms with E-state index in [9.17, 15) is 45.5 Å². The molecule has 0 saturated heterocycles. The zero-order valence-electron chi connectivity index (χ0n) is 18.2. The summed E-state index contributed by atoms with van der Waals surface area (Å²) >= 11 is 0. The van der Waals surface area contributed by atoms with Crippen LogP contribution in [0.25, 0.3) is 0 Å². The number of hydrogen-bond donors (Lipinski definition) is 0. The van der Waals surface area contributed by atoms with Crippen molar-refractivity contribution in [3.8, 4) is 0 Å². The fourth-order valence-corrected chi connectivity index (χ4v) is 2.13. The Kier molecular flexibility index (Phi) is 12.0. The molecule has 0 radical (unpaired) electrons. The summed E-state index contributed by atoms with van der Waals surface area (Å²) in [7, 11) is 0. The predicted octanol–water partition coefficient (Wildman–Crippen LogP) is 3.46. The molecule has 2 unspecified atom stereocenters. The van der Waals surface area contributed by atoms with Crippen LogP contribution in [0.15, 0.2) is 0 Å². The molecule has 0 aromatic rings. The van der Waals surface area contributed by atoms with Gasteiger partial charge in [0, 0.05) is 26.2 Å². The SMILES string of the molecule is CCC(F)(C(=O)OC(C)C)C(=O)C(F)(F)OC(F)(F)C(=O)C(F)(CC)C(=O)OC(C)C.[Zr]. The molecule has 0 N–H and O–H groups in total. The van der Waals surface area contributed by atoms with Crippen LogP contribution in [0.1, 0.15) is 54.4 Å². The second kappa shape index (κ2) is 11.7. The maximum absolute atomic E-state index is 14.6. The summed E-state index contributed by atoms with van der Waals surface area (Å²) in [6.45, 7) is 6.32. The minimum Gasteiger partial charge on any atom is -0.460 e. The Morgan fingerprint density at radius 3 is 1.09 bits per heavy atom. The first kappa shape index (κ1) is 32.9. The zero-order valence-corrected chi connectivity index (χ0v) is 20.7. The van der Waals surface area contributed by atoms with Crippen molar-refractivity contribution in [3.05, 3.63) is 0 Å². The smallest absolute Gasteiger partial charge is 0.424 e. The number of ketones is 2. The molecule has 0 aliphatic heterocycles. The van der Waals surface area contributed by atoms with E-state index < -0.39 is 72.1 Å². The number of Topliss-reactive ketones (excluding diaryl/α,β-unsaturated/α-hetero) is 2. The number of rotatable bonds is 12. The molecule has 0 aromatic heterocycles. The fourth-order valence-electron chi connectivity index (χ4n) is 2.13. The Morgan fingerprint density at radius 1 is 0.656 bits per heavy atom. The normalized spacial score (nSPS) is 15.9. The van der Waals surface area contributed by atoms with Crippen molar-refractivity contribution in [1.29, 1.82) is 0 Å². The van der Waals surface area contributed by atoms with Gasteiger partial charge >= 0.3 is 24.2 Å². The largest absolute Gasteiger partial charge is 0.460 e. The third-order valence-electron chi connectivity index (χ3n) is 3.81. The van der Waals surface area contributed by atoms with Gasteiger partial charge < -0.3 is 9.47 Å². The Bertz CT molecular complexity index is 658. The molecule has 7 nitrogen and oxygen atoms in total. The van der Waals surface area contributed by atoms with Gasteiger partial charge in [-0.1, -0.05) is 13.8 Å². The van der Waals surface area contributed by atoms with Gasteiger partial charge in [-0.05, 0) is 40.5 Å². The monoisotopic (exact) mass is 556 g/mol. The van der Waals surface area contributed by atoms with Crippen LogP contribution in [0.2, 0.25) is 0 Å². The standard InChI is InChI=1S/C18H24F6O7.Zr/c1-7-15(19,13(27)29-9(3)4)11(25)17(21,22)31-18(23,24)12(26)16(20,8-2)14(28)30-10(5)6;/h9-10H,7-8H2,1-6H3;. The van der Waals surface area contributed by atoms with Crippen LogP contribution < -0.4 is 0 Å². The number of hydrogen-bond acceptors (Lipinski definition) is 7. The molecule has 0 bridgehead atoms. The van der Waals surface area contributed by atoms with Gasteiger partial charge in [-0.25, -0.2) is 23.1 Å². The van der Waals surface area contributed by atoms with Crippen LogP contribution in [0, 0.1) is 0 Å². The molecule has 0 spiro atoms. The Morgan fingerprint density at radius 2 is 0.906 bits per heavy atom. The first-order valence-electron chi connectivity index (χ1n) is 9.17. The van der Waals surface area contributed by atoms with Crippen molar-refractivity contribution in [2.24, 2.45) is 0 Å². The van der Waals surface area contributed by atoms with Gasteiger partial charge in [-0.15, -0.1) is 0 Å². The van der Waals surface area contributed by atoms with Crippen LogP contribution in [0.5, 0.6) is 0 Å². The molecule has 0 amide bonds. The first-order chi connectivity index (χ1) is 13.8. The Hall–Kier alpha value is -1.30. The maximum atomic E-state index is 14.6. The zero-order chi connectivity index (χ0) is 25.0. The Balaban J connectivity index is 0. The molecule has 14 heteroatoms. The summed E-state index contributed by atoms with van der Waals surface area (Å²) in [5.41, 5.74) is -8.22. The number of alkyl halides is 6. The van der Waals surface area contributed by atoms with Crippen molar-refractivity contribution in [2.75, 3.05) is 0 Å². The molecule has 0 aliphatic carbocycles. The van der Waals surface area contributed by atoms with Crippen LogP contribution in [-0.4, -0.2) is 59.3 Å². The molecular weight excluding hydrogens is 533 g/mol. The van der Waals surface area contributed by atoms with Crippen LogP contribution in [0.3, 0.4) is 0 Å². The number of carbonyl (C=O) groups is 4. The minimum atomic E-state index is -5.78. The van der Waals surface area contributed by atoms with E-state index in [2.05, 4.69) is 14.2 Å². The van der Waals surface area contributed by atoms with E-state index in [1.807, 2.05) is 0 Å². The maximum Gasteiger partial charge on any atom is 0.424 e. The molecule has 0 heterocycles. The Labute approximate surface area is 199 Å². The van der Waals surface area contributed by atoms with Crippen LogP contribution in [-0.2, 0) is 59.6 Å². The number of esters is 2. The van der Waals surface area contributed by atoms with E-state index in [1.54, 1.807) is 0 Å². The summed E-state index contributed by atoms with van der Waals surface area (Å²) in [6.07, 6.45) is -16.2. The number of halogens is 6. The summed E-state index contributed by atoms with van der Waals surface area (Å²) in [5.74, 6) is -10.4. The van der Waals surface area contributed by atoms with Crippen molar-refractivity contribution in [3.63, 3.8) is 0 Å². The molecule has 0 aromatic carbocycles. The summed E-state index contributed by atoms with van der Waals surface area (Å²) in [4.78, 5) is 47.1. The van der Waals surface area contributed by atoms with Gasteiger partial charge in [0.15, 0.2) is 0 Å². The summed E-state index contributed by atoms with van der Waals surface area (Å²) < 4.78 is 97.1. The average Bonchev–Trinajstić information content (AvgIpc) is 2.63. The second-order valence-electron chi connectivity index (χ2n) is 7.01. The van der Waals surface area contributed by atoms with Crippen LogP contribution in [0.4, 0.5) is 26.3 Å². The minimum absolute atomic E-state index is 0. The van der Waals surface area contributed by atoms with Gasteiger partial charge in [-0.2, -0.15) is 17.6 Å².